The fourth-order valence-corrected chi connectivity index (χ4v) is 2.07. The molecule has 1 aromatic heterocycles. The Morgan fingerprint density at radius 3 is 2.63 bits per heavy atom. The highest BCUT2D eigenvalue weighted by molar-refractivity contribution is 5.74. The van der Waals surface area contributed by atoms with Gasteiger partial charge in [0.25, 0.3) is 0 Å². The number of carbonyl (C=O) groups is 1. The molecule has 0 aliphatic carbocycles. The van der Waals surface area contributed by atoms with E-state index in [4.69, 9.17) is 4.74 Å². The minimum absolute atomic E-state index is 0.222. The molecule has 0 saturated carbocycles. The predicted octanol–water partition coefficient (Wildman–Crippen LogP) is 2.10. The maximum atomic E-state index is 12.0. The van der Waals surface area contributed by atoms with Crippen molar-refractivity contribution in [3.05, 3.63) is 18.2 Å². The van der Waals surface area contributed by atoms with Crippen molar-refractivity contribution < 1.29 is 9.53 Å². The molecule has 5 heteroatoms. The zero-order valence-electron chi connectivity index (χ0n) is 12.7. The van der Waals surface area contributed by atoms with Crippen LogP contribution in [0, 0.1) is 5.92 Å². The molecule has 0 aliphatic rings. The number of hydrogen-bond acceptors (Lipinski definition) is 4. The van der Waals surface area contributed by atoms with E-state index in [1.54, 1.807) is 12.5 Å². The smallest absolute Gasteiger partial charge is 0.328 e. The van der Waals surface area contributed by atoms with Gasteiger partial charge in [-0.3, -0.25) is 0 Å². The van der Waals surface area contributed by atoms with Gasteiger partial charge in [0.05, 0.1) is 30.9 Å². The van der Waals surface area contributed by atoms with E-state index in [1.165, 1.54) is 7.11 Å². The summed E-state index contributed by atoms with van der Waals surface area (Å²) in [6.07, 6.45) is 4.24. The van der Waals surface area contributed by atoms with Crippen LogP contribution in [0.4, 0.5) is 0 Å². The molecular weight excluding hydrogens is 242 g/mol. The lowest BCUT2D eigenvalue weighted by molar-refractivity contribution is -0.145. The van der Waals surface area contributed by atoms with Crippen LogP contribution in [0.25, 0.3) is 0 Å². The Labute approximate surface area is 115 Å². The number of nitrogens with one attached hydrogen (secondary N) is 1. The summed E-state index contributed by atoms with van der Waals surface area (Å²) in [5, 5.41) is 3.24. The van der Waals surface area contributed by atoms with Crippen LogP contribution in [0.3, 0.4) is 0 Å². The second-order valence-corrected chi connectivity index (χ2v) is 5.73. The lowest BCUT2D eigenvalue weighted by Gasteiger charge is -2.29. The van der Waals surface area contributed by atoms with Gasteiger partial charge in [0.15, 0.2) is 0 Å². The van der Waals surface area contributed by atoms with E-state index in [9.17, 15) is 4.79 Å². The molecule has 0 amide bonds. The molecule has 0 aromatic carbocycles. The molecule has 0 radical (unpaired) electrons. The van der Waals surface area contributed by atoms with Crippen LogP contribution in [-0.2, 0) is 15.1 Å². The van der Waals surface area contributed by atoms with E-state index >= 15 is 0 Å². The first-order chi connectivity index (χ1) is 8.83. The van der Waals surface area contributed by atoms with E-state index in [2.05, 4.69) is 38.0 Å². The van der Waals surface area contributed by atoms with Gasteiger partial charge in [0.2, 0.25) is 0 Å². The van der Waals surface area contributed by atoms with Gasteiger partial charge >= 0.3 is 5.97 Å². The fourth-order valence-electron chi connectivity index (χ4n) is 2.07. The third-order valence-corrected chi connectivity index (χ3v) is 3.44. The van der Waals surface area contributed by atoms with E-state index in [1.807, 2.05) is 11.6 Å². The van der Waals surface area contributed by atoms with Crippen molar-refractivity contribution in [2.24, 2.45) is 5.92 Å². The largest absolute Gasteiger partial charge is 0.467 e. The molecule has 5 nitrogen and oxygen atoms in total. The molecule has 1 heterocycles. The molecule has 1 N–H and O–H groups in total. The Kier molecular flexibility index (Phi) is 5.11. The highest BCUT2D eigenvalue weighted by atomic mass is 16.5. The number of nitrogens with zero attached hydrogens (tertiary/aromatic N) is 2. The quantitative estimate of drug-likeness (QED) is 0.802. The Bertz CT molecular complexity index is 424. The second kappa shape index (κ2) is 6.19. The third-order valence-electron chi connectivity index (χ3n) is 3.44. The van der Waals surface area contributed by atoms with Crippen LogP contribution in [-0.4, -0.2) is 29.7 Å². The Hall–Kier alpha value is -1.36. The molecule has 0 spiro atoms. The van der Waals surface area contributed by atoms with Crippen molar-refractivity contribution in [1.82, 2.24) is 14.9 Å². The minimum atomic E-state index is -0.324. The maximum Gasteiger partial charge on any atom is 0.328 e. The van der Waals surface area contributed by atoms with E-state index in [0.29, 0.717) is 5.92 Å². The Morgan fingerprint density at radius 2 is 2.16 bits per heavy atom. The second-order valence-electron chi connectivity index (χ2n) is 5.73. The van der Waals surface area contributed by atoms with Crippen LogP contribution in [0.1, 0.15) is 45.9 Å². The number of hydrogen-bond donors (Lipinski definition) is 1. The first kappa shape index (κ1) is 15.7. The van der Waals surface area contributed by atoms with Crippen molar-refractivity contribution in [2.75, 3.05) is 14.2 Å². The summed E-state index contributed by atoms with van der Waals surface area (Å²) < 4.78 is 6.85. The summed E-state index contributed by atoms with van der Waals surface area (Å²) in [6.45, 7) is 8.31. The number of carbonyl (C=O) groups excluding carboxylic acids is 1. The van der Waals surface area contributed by atoms with Gasteiger partial charge in [-0.25, -0.2) is 9.78 Å². The number of aromatic nitrogens is 2. The number of ether oxygens (including phenoxy) is 1. The summed E-state index contributed by atoms with van der Waals surface area (Å²) in [6, 6.07) is -0.324. The summed E-state index contributed by atoms with van der Waals surface area (Å²) >= 11 is 0. The van der Waals surface area contributed by atoms with E-state index in [-0.39, 0.29) is 17.6 Å². The van der Waals surface area contributed by atoms with Gasteiger partial charge < -0.3 is 14.6 Å². The topological polar surface area (TPSA) is 56.2 Å². The predicted molar refractivity (Wildman–Crippen MR) is 74.8 cm³/mol. The van der Waals surface area contributed by atoms with E-state index < -0.39 is 0 Å². The van der Waals surface area contributed by atoms with Crippen LogP contribution in [0.15, 0.2) is 12.5 Å². The number of esters is 1. The lowest BCUT2D eigenvalue weighted by atomic mass is 9.98. The third kappa shape index (κ3) is 3.56. The summed E-state index contributed by atoms with van der Waals surface area (Å²) in [4.78, 5) is 16.2. The van der Waals surface area contributed by atoms with Crippen molar-refractivity contribution >= 4 is 5.97 Å². The molecule has 1 rings (SSSR count). The standard InChI is InChI=1S/C14H25N3O2/c1-10(2)7-11(13(18)19-6)17-9-16-8-12(17)14(3,4)15-5/h8-11,15H,7H2,1-6H3. The average molecular weight is 267 g/mol. The van der Waals surface area contributed by atoms with Crippen LogP contribution < -0.4 is 5.32 Å². The van der Waals surface area contributed by atoms with Crippen molar-refractivity contribution in [3.63, 3.8) is 0 Å². The van der Waals surface area contributed by atoms with Crippen molar-refractivity contribution in [1.29, 1.82) is 0 Å². The molecule has 0 bridgehead atoms. The number of methoxy groups -OCH3 is 1. The summed E-state index contributed by atoms with van der Waals surface area (Å²) in [7, 11) is 3.32. The molecule has 19 heavy (non-hydrogen) atoms. The summed E-state index contributed by atoms with van der Waals surface area (Å²) in [5.41, 5.74) is 0.728. The van der Waals surface area contributed by atoms with Crippen LogP contribution in [0.2, 0.25) is 0 Å². The maximum absolute atomic E-state index is 12.0. The highest BCUT2D eigenvalue weighted by Crippen LogP contribution is 2.26. The first-order valence-electron chi connectivity index (χ1n) is 6.62. The fraction of sp³-hybridized carbons (Fsp3) is 0.714. The van der Waals surface area contributed by atoms with Crippen LogP contribution >= 0.6 is 0 Å². The van der Waals surface area contributed by atoms with Gasteiger partial charge in [0.1, 0.15) is 6.04 Å². The average Bonchev–Trinajstić information content (AvgIpc) is 2.84. The number of rotatable bonds is 6. The molecule has 0 fully saturated rings. The highest BCUT2D eigenvalue weighted by Gasteiger charge is 2.29. The van der Waals surface area contributed by atoms with Gasteiger partial charge in [-0.15, -0.1) is 0 Å². The summed E-state index contributed by atoms with van der Waals surface area (Å²) in [5.74, 6) is 0.178. The van der Waals surface area contributed by atoms with Gasteiger partial charge in [-0.2, -0.15) is 0 Å². The van der Waals surface area contributed by atoms with Gasteiger partial charge in [0, 0.05) is 0 Å². The van der Waals surface area contributed by atoms with Crippen molar-refractivity contribution in [3.8, 4) is 0 Å². The molecule has 1 aromatic rings. The Balaban J connectivity index is 3.17. The minimum Gasteiger partial charge on any atom is -0.467 e. The van der Waals surface area contributed by atoms with Gasteiger partial charge in [-0.1, -0.05) is 13.8 Å². The normalized spacial score (nSPS) is 13.6. The zero-order valence-corrected chi connectivity index (χ0v) is 12.7. The molecular formula is C14H25N3O2. The first-order valence-corrected chi connectivity index (χ1v) is 6.62. The lowest BCUT2D eigenvalue weighted by Crippen LogP contribution is -2.37. The molecule has 0 saturated heterocycles. The Morgan fingerprint density at radius 1 is 1.53 bits per heavy atom. The van der Waals surface area contributed by atoms with E-state index in [0.717, 1.165) is 12.1 Å². The molecule has 1 unspecified atom stereocenters. The SMILES string of the molecule is CNC(C)(C)c1cncn1C(CC(C)C)C(=O)OC. The zero-order chi connectivity index (χ0) is 14.6. The van der Waals surface area contributed by atoms with Gasteiger partial charge in [-0.05, 0) is 33.2 Å². The molecule has 108 valence electrons. The monoisotopic (exact) mass is 267 g/mol. The van der Waals surface area contributed by atoms with Crippen LogP contribution in [0.5, 0.6) is 0 Å². The van der Waals surface area contributed by atoms with Crippen molar-refractivity contribution in [2.45, 2.75) is 45.7 Å². The molecule has 1 atom stereocenters. The number of imidazole rings is 1. The molecule has 0 aliphatic heterocycles.